The summed E-state index contributed by atoms with van der Waals surface area (Å²) in [6.07, 6.45) is 5.12. The summed E-state index contributed by atoms with van der Waals surface area (Å²) in [5.74, 6) is 0.315. The van der Waals surface area contributed by atoms with Gasteiger partial charge in [0, 0.05) is 24.0 Å². The van der Waals surface area contributed by atoms with Gasteiger partial charge < -0.3 is 10.2 Å². The summed E-state index contributed by atoms with van der Waals surface area (Å²) in [5, 5.41) is 3.79. The number of rotatable bonds is 4. The van der Waals surface area contributed by atoms with Gasteiger partial charge in [0.25, 0.3) is 0 Å². The second kappa shape index (κ2) is 9.07. The average Bonchev–Trinajstić information content (AvgIpc) is 2.65. The lowest BCUT2D eigenvalue weighted by Gasteiger charge is -2.35. The maximum atomic E-state index is 12.6. The van der Waals surface area contributed by atoms with Crippen LogP contribution >= 0.6 is 23.2 Å². The van der Waals surface area contributed by atoms with E-state index in [1.54, 1.807) is 18.2 Å². The summed E-state index contributed by atoms with van der Waals surface area (Å²) in [7, 11) is 0. The molecule has 0 aliphatic carbocycles. The minimum atomic E-state index is -0.102. The van der Waals surface area contributed by atoms with Crippen LogP contribution in [0.15, 0.2) is 18.2 Å². The number of piperidine rings is 2. The number of likely N-dealkylation sites (tertiary alicyclic amines) is 2. The quantitative estimate of drug-likeness (QED) is 0.843. The zero-order valence-corrected chi connectivity index (χ0v) is 16.4. The largest absolute Gasteiger partial charge is 0.342 e. The highest BCUT2D eigenvalue weighted by Crippen LogP contribution is 2.26. The molecule has 1 aromatic rings. The summed E-state index contributed by atoms with van der Waals surface area (Å²) >= 11 is 12.0. The first kappa shape index (κ1) is 19.5. The Morgan fingerprint density at radius 1 is 1.04 bits per heavy atom. The molecule has 2 saturated heterocycles. The Hall–Kier alpha value is -1.30. The van der Waals surface area contributed by atoms with E-state index in [4.69, 9.17) is 23.2 Å². The van der Waals surface area contributed by atoms with E-state index in [1.165, 1.54) is 6.42 Å². The lowest BCUT2D eigenvalue weighted by atomic mass is 9.94. The molecular weight excluding hydrogens is 373 g/mol. The summed E-state index contributed by atoms with van der Waals surface area (Å²) in [5.41, 5.74) is 0.566. The fourth-order valence-corrected chi connectivity index (χ4v) is 4.15. The number of halogens is 2. The number of carbonyl (C=O) groups excluding carboxylic acids is 2. The molecule has 0 atom stereocenters. The molecule has 5 nitrogen and oxygen atoms in total. The molecule has 0 aromatic heterocycles. The Labute approximate surface area is 164 Å². The monoisotopic (exact) mass is 397 g/mol. The Morgan fingerprint density at radius 3 is 2.38 bits per heavy atom. The van der Waals surface area contributed by atoms with Crippen LogP contribution in [0.25, 0.3) is 0 Å². The lowest BCUT2D eigenvalue weighted by Crippen LogP contribution is -2.45. The van der Waals surface area contributed by atoms with Gasteiger partial charge in [0.15, 0.2) is 0 Å². The number of nitrogens with one attached hydrogen (secondary N) is 1. The average molecular weight is 398 g/mol. The summed E-state index contributed by atoms with van der Waals surface area (Å²) in [4.78, 5) is 29.0. The molecule has 0 radical (unpaired) electrons. The summed E-state index contributed by atoms with van der Waals surface area (Å²) < 4.78 is 0. The third kappa shape index (κ3) is 5.12. The number of hydrogen-bond acceptors (Lipinski definition) is 3. The second-order valence-electron chi connectivity index (χ2n) is 7.11. The predicted molar refractivity (Wildman–Crippen MR) is 105 cm³/mol. The normalized spacial score (nSPS) is 19.4. The molecule has 2 aliphatic heterocycles. The molecule has 0 spiro atoms. The summed E-state index contributed by atoms with van der Waals surface area (Å²) in [6, 6.07) is 5.00. The smallest absolute Gasteiger partial charge is 0.238 e. The topological polar surface area (TPSA) is 52.7 Å². The van der Waals surface area contributed by atoms with Gasteiger partial charge >= 0.3 is 0 Å². The van der Waals surface area contributed by atoms with Crippen molar-refractivity contribution in [3.8, 4) is 0 Å². The molecule has 2 heterocycles. The Morgan fingerprint density at radius 2 is 1.73 bits per heavy atom. The molecular formula is C19H25Cl2N3O2. The van der Waals surface area contributed by atoms with Crippen LogP contribution in [0.2, 0.25) is 10.0 Å². The second-order valence-corrected chi connectivity index (χ2v) is 7.95. The molecule has 1 aromatic carbocycles. The highest BCUT2D eigenvalue weighted by atomic mass is 35.5. The summed E-state index contributed by atoms with van der Waals surface area (Å²) in [6.45, 7) is 3.66. The van der Waals surface area contributed by atoms with Crippen molar-refractivity contribution in [1.29, 1.82) is 0 Å². The van der Waals surface area contributed by atoms with Crippen LogP contribution in [-0.4, -0.2) is 54.3 Å². The van der Waals surface area contributed by atoms with Crippen molar-refractivity contribution >= 4 is 40.7 Å². The molecule has 0 unspecified atom stereocenters. The number of carbonyl (C=O) groups is 2. The van der Waals surface area contributed by atoms with Crippen molar-refractivity contribution in [2.45, 2.75) is 32.1 Å². The van der Waals surface area contributed by atoms with Crippen LogP contribution in [0.4, 0.5) is 5.69 Å². The van der Waals surface area contributed by atoms with Crippen LogP contribution in [0.1, 0.15) is 32.1 Å². The third-order valence-electron chi connectivity index (χ3n) is 5.18. The third-order valence-corrected chi connectivity index (χ3v) is 5.72. The molecule has 7 heteroatoms. The first-order valence-corrected chi connectivity index (χ1v) is 10.0. The van der Waals surface area contributed by atoms with Gasteiger partial charge in [-0.2, -0.15) is 0 Å². The van der Waals surface area contributed by atoms with E-state index in [2.05, 4.69) is 10.2 Å². The minimum Gasteiger partial charge on any atom is -0.342 e. The van der Waals surface area contributed by atoms with Crippen molar-refractivity contribution < 1.29 is 9.59 Å². The molecule has 142 valence electrons. The van der Waals surface area contributed by atoms with Crippen LogP contribution in [0.3, 0.4) is 0 Å². The molecule has 2 aliphatic rings. The van der Waals surface area contributed by atoms with Gasteiger partial charge in [-0.3, -0.25) is 14.5 Å². The van der Waals surface area contributed by atoms with Gasteiger partial charge in [0.05, 0.1) is 17.3 Å². The van der Waals surface area contributed by atoms with Crippen LogP contribution < -0.4 is 5.32 Å². The fraction of sp³-hybridized carbons (Fsp3) is 0.579. The van der Waals surface area contributed by atoms with E-state index in [0.717, 1.165) is 51.9 Å². The van der Waals surface area contributed by atoms with Crippen LogP contribution in [0.5, 0.6) is 0 Å². The van der Waals surface area contributed by atoms with E-state index in [0.29, 0.717) is 28.2 Å². The number of anilines is 1. The van der Waals surface area contributed by atoms with Crippen molar-refractivity contribution in [1.82, 2.24) is 9.80 Å². The van der Waals surface area contributed by atoms with Crippen LogP contribution in [-0.2, 0) is 9.59 Å². The minimum absolute atomic E-state index is 0.102. The van der Waals surface area contributed by atoms with Gasteiger partial charge in [0.2, 0.25) is 11.8 Å². The molecule has 2 amide bonds. The Kier molecular flexibility index (Phi) is 6.79. The highest BCUT2D eigenvalue weighted by molar-refractivity contribution is 6.36. The van der Waals surface area contributed by atoms with Gasteiger partial charge in [-0.15, -0.1) is 0 Å². The zero-order valence-electron chi connectivity index (χ0n) is 14.8. The molecule has 26 heavy (non-hydrogen) atoms. The van der Waals surface area contributed by atoms with Crippen LogP contribution in [0, 0.1) is 5.92 Å². The molecule has 0 saturated carbocycles. The fourth-order valence-electron chi connectivity index (χ4n) is 3.69. The molecule has 0 bridgehead atoms. The maximum Gasteiger partial charge on any atom is 0.238 e. The number of hydrogen-bond donors (Lipinski definition) is 1. The van der Waals surface area contributed by atoms with Crippen molar-refractivity contribution in [3.05, 3.63) is 28.2 Å². The van der Waals surface area contributed by atoms with E-state index in [9.17, 15) is 9.59 Å². The zero-order chi connectivity index (χ0) is 18.5. The SMILES string of the molecule is O=C(CN1CCC(C(=O)N2CCCCC2)CC1)Nc1ccc(Cl)cc1Cl. The van der Waals surface area contributed by atoms with Crippen molar-refractivity contribution in [2.24, 2.45) is 5.92 Å². The van der Waals surface area contributed by atoms with Gasteiger partial charge in [-0.1, -0.05) is 23.2 Å². The Bertz CT molecular complexity index is 654. The van der Waals surface area contributed by atoms with E-state index < -0.39 is 0 Å². The first-order chi connectivity index (χ1) is 12.5. The standard InChI is InChI=1S/C19H25Cl2N3O2/c20-15-4-5-17(16(21)12-15)22-18(25)13-23-10-6-14(7-11-23)19(26)24-8-2-1-3-9-24/h4-5,12,14H,1-3,6-11,13H2,(H,22,25). The predicted octanol–water partition coefficient (Wildman–Crippen LogP) is 3.66. The molecule has 3 rings (SSSR count). The van der Waals surface area contributed by atoms with Crippen molar-refractivity contribution in [2.75, 3.05) is 38.0 Å². The highest BCUT2D eigenvalue weighted by Gasteiger charge is 2.29. The number of amides is 2. The van der Waals surface area contributed by atoms with Gasteiger partial charge in [-0.25, -0.2) is 0 Å². The number of benzene rings is 1. The lowest BCUT2D eigenvalue weighted by molar-refractivity contribution is -0.138. The first-order valence-electron chi connectivity index (χ1n) is 9.29. The van der Waals surface area contributed by atoms with Gasteiger partial charge in [0.1, 0.15) is 0 Å². The Balaban J connectivity index is 1.44. The molecule has 1 N–H and O–H groups in total. The van der Waals surface area contributed by atoms with Gasteiger partial charge in [-0.05, 0) is 63.4 Å². The number of nitrogens with zero attached hydrogens (tertiary/aromatic N) is 2. The van der Waals surface area contributed by atoms with E-state index in [-0.39, 0.29) is 11.8 Å². The maximum absolute atomic E-state index is 12.6. The van der Waals surface area contributed by atoms with Crippen molar-refractivity contribution in [3.63, 3.8) is 0 Å². The van der Waals surface area contributed by atoms with E-state index >= 15 is 0 Å². The van der Waals surface area contributed by atoms with E-state index in [1.807, 2.05) is 4.90 Å². The molecule has 2 fully saturated rings.